The van der Waals surface area contributed by atoms with Crippen molar-refractivity contribution in [2.75, 3.05) is 17.7 Å². The molecule has 0 bridgehead atoms. The van der Waals surface area contributed by atoms with E-state index in [2.05, 4.69) is 10.3 Å². The Kier molecular flexibility index (Phi) is 6.93. The minimum Gasteiger partial charge on any atom is -0.384 e. The van der Waals surface area contributed by atoms with Crippen molar-refractivity contribution in [3.8, 4) is 0 Å². The summed E-state index contributed by atoms with van der Waals surface area (Å²) in [4.78, 5) is 32.3. The van der Waals surface area contributed by atoms with Crippen LogP contribution in [0, 0.1) is 13.8 Å². The molecule has 1 aromatic heterocycles. The number of aryl methyl sites for hydroxylation is 2. The molecule has 0 unspecified atom stereocenters. The number of anilines is 2. The summed E-state index contributed by atoms with van der Waals surface area (Å²) in [6.45, 7) is 6.19. The van der Waals surface area contributed by atoms with Gasteiger partial charge in [-0.3, -0.25) is 9.59 Å². The van der Waals surface area contributed by atoms with E-state index < -0.39 is 6.10 Å². The molecule has 198 valence electrons. The van der Waals surface area contributed by atoms with Gasteiger partial charge in [0.2, 0.25) is 0 Å². The molecule has 0 radical (unpaired) electrons. The van der Waals surface area contributed by atoms with Gasteiger partial charge >= 0.3 is 0 Å². The highest BCUT2D eigenvalue weighted by Crippen LogP contribution is 2.42. The first-order chi connectivity index (χ1) is 18.7. The lowest BCUT2D eigenvalue weighted by Gasteiger charge is -2.31. The van der Waals surface area contributed by atoms with Crippen LogP contribution >= 0.6 is 0 Å². The number of hydrogen-bond donors (Lipinski definition) is 3. The topological polar surface area (TPSA) is 109 Å². The van der Waals surface area contributed by atoms with Crippen molar-refractivity contribution in [2.45, 2.75) is 39.3 Å². The molecular weight excluding hydrogens is 488 g/mol. The van der Waals surface area contributed by atoms with E-state index >= 15 is 0 Å². The van der Waals surface area contributed by atoms with Crippen molar-refractivity contribution in [2.24, 2.45) is 0 Å². The summed E-state index contributed by atoms with van der Waals surface area (Å²) in [6.07, 6.45) is -0.842. The highest BCUT2D eigenvalue weighted by Gasteiger charge is 2.30. The molecule has 7 heteroatoms. The van der Waals surface area contributed by atoms with Gasteiger partial charge < -0.3 is 21.1 Å². The largest absolute Gasteiger partial charge is 0.384 e. The van der Waals surface area contributed by atoms with E-state index in [4.69, 9.17) is 5.73 Å². The van der Waals surface area contributed by atoms with Crippen LogP contribution in [0.2, 0.25) is 0 Å². The third kappa shape index (κ3) is 4.89. The fraction of sp³-hybridized carbons (Fsp3) is 0.219. The lowest BCUT2D eigenvalue weighted by atomic mass is 9.76. The van der Waals surface area contributed by atoms with E-state index in [1.165, 1.54) is 0 Å². The number of nitrogens with zero attached hydrogens (tertiary/aromatic N) is 2. The van der Waals surface area contributed by atoms with Crippen LogP contribution < -0.4 is 16.0 Å². The van der Waals surface area contributed by atoms with E-state index in [1.807, 2.05) is 75.4 Å². The SMILES string of the molecule is Cc1cc(N)nc(C)c1CNC(=O)c1ccc2c(c1)[C@H](C)c1cc(C(=O)N(C)c3ccccc3)ccc1[C@@H]2O. The quantitative estimate of drug-likeness (QED) is 0.342. The van der Waals surface area contributed by atoms with Crippen LogP contribution in [-0.4, -0.2) is 29.0 Å². The maximum atomic E-state index is 13.3. The second kappa shape index (κ2) is 10.3. The minimum absolute atomic E-state index is 0.119. The van der Waals surface area contributed by atoms with Gasteiger partial charge in [0.1, 0.15) is 11.9 Å². The number of nitrogens with one attached hydrogen (secondary N) is 1. The Balaban J connectivity index is 1.40. The maximum Gasteiger partial charge on any atom is 0.258 e. The third-order valence-electron chi connectivity index (χ3n) is 7.65. The summed E-state index contributed by atoms with van der Waals surface area (Å²) in [5.41, 5.74) is 13.6. The van der Waals surface area contributed by atoms with Crippen molar-refractivity contribution in [3.05, 3.63) is 123 Å². The zero-order valence-electron chi connectivity index (χ0n) is 22.5. The van der Waals surface area contributed by atoms with Crippen LogP contribution in [0.25, 0.3) is 0 Å². The Morgan fingerprint density at radius 1 is 0.923 bits per heavy atom. The summed E-state index contributed by atoms with van der Waals surface area (Å²) in [5, 5.41) is 14.2. The van der Waals surface area contributed by atoms with E-state index in [0.29, 0.717) is 23.5 Å². The highest BCUT2D eigenvalue weighted by atomic mass is 16.3. The molecule has 1 aliphatic rings. The molecule has 4 aromatic rings. The van der Waals surface area contributed by atoms with Gasteiger partial charge in [-0.15, -0.1) is 0 Å². The highest BCUT2D eigenvalue weighted by molar-refractivity contribution is 6.06. The number of nitrogen functional groups attached to an aromatic ring is 1. The van der Waals surface area contributed by atoms with Crippen molar-refractivity contribution in [3.63, 3.8) is 0 Å². The number of nitrogens with two attached hydrogens (primary N) is 1. The summed E-state index contributed by atoms with van der Waals surface area (Å²) >= 11 is 0. The number of carbonyl (C=O) groups excluding carboxylic acids is 2. The zero-order valence-corrected chi connectivity index (χ0v) is 22.5. The van der Waals surface area contributed by atoms with Gasteiger partial charge in [-0.25, -0.2) is 4.98 Å². The molecule has 0 saturated heterocycles. The van der Waals surface area contributed by atoms with Gasteiger partial charge in [0.15, 0.2) is 0 Å². The summed E-state index contributed by atoms with van der Waals surface area (Å²) in [6, 6.07) is 22.1. The lowest BCUT2D eigenvalue weighted by molar-refractivity contribution is 0.0949. The molecule has 7 nitrogen and oxygen atoms in total. The van der Waals surface area contributed by atoms with Crippen molar-refractivity contribution < 1.29 is 14.7 Å². The third-order valence-corrected chi connectivity index (χ3v) is 7.65. The molecule has 0 aliphatic heterocycles. The first-order valence-electron chi connectivity index (χ1n) is 13.0. The maximum absolute atomic E-state index is 13.3. The second-order valence-electron chi connectivity index (χ2n) is 10.1. The monoisotopic (exact) mass is 520 g/mol. The van der Waals surface area contributed by atoms with Gasteiger partial charge in [-0.1, -0.05) is 37.3 Å². The van der Waals surface area contributed by atoms with Gasteiger partial charge in [0, 0.05) is 42.0 Å². The molecule has 0 fully saturated rings. The van der Waals surface area contributed by atoms with Crippen LogP contribution in [0.4, 0.5) is 11.5 Å². The average Bonchev–Trinajstić information content (AvgIpc) is 2.94. The lowest BCUT2D eigenvalue weighted by Crippen LogP contribution is -2.27. The summed E-state index contributed by atoms with van der Waals surface area (Å²) < 4.78 is 0. The summed E-state index contributed by atoms with van der Waals surface area (Å²) in [5.74, 6) is -0.00689. The van der Waals surface area contributed by atoms with Crippen LogP contribution in [-0.2, 0) is 6.54 Å². The molecule has 3 aromatic carbocycles. The van der Waals surface area contributed by atoms with Crippen molar-refractivity contribution >= 4 is 23.3 Å². The molecule has 5 rings (SSSR count). The van der Waals surface area contributed by atoms with Crippen LogP contribution in [0.3, 0.4) is 0 Å². The number of aliphatic hydroxyl groups excluding tert-OH is 1. The smallest absolute Gasteiger partial charge is 0.258 e. The van der Waals surface area contributed by atoms with Gasteiger partial charge in [-0.2, -0.15) is 0 Å². The predicted molar refractivity (Wildman–Crippen MR) is 153 cm³/mol. The molecule has 2 amide bonds. The Labute approximate surface area is 228 Å². The van der Waals surface area contributed by atoms with Gasteiger partial charge in [-0.05, 0) is 89.7 Å². The number of fused-ring (bicyclic) bond motifs is 2. The molecule has 0 saturated carbocycles. The Hall–Kier alpha value is -4.49. The number of aliphatic hydroxyl groups is 1. The average molecular weight is 521 g/mol. The Bertz CT molecular complexity index is 1560. The first-order valence-corrected chi connectivity index (χ1v) is 13.0. The van der Waals surface area contributed by atoms with E-state index in [-0.39, 0.29) is 17.7 Å². The second-order valence-corrected chi connectivity index (χ2v) is 10.1. The number of carbonyl (C=O) groups is 2. The molecule has 1 heterocycles. The van der Waals surface area contributed by atoms with E-state index in [9.17, 15) is 14.7 Å². The number of rotatable bonds is 5. The standard InChI is InChI=1S/C32H32N4O3/c1-18-14-29(33)35-20(3)28(18)17-34-31(38)21-10-12-24-26(15-21)19(2)27-16-22(11-13-25(27)30(24)37)32(39)36(4)23-8-6-5-7-9-23/h5-16,19,30,37H,17H2,1-4H3,(H2,33,35)(H,34,38)/t19-,30+/m0/s1. The molecular formula is C32H32N4O3. The molecule has 0 spiro atoms. The molecule has 4 N–H and O–H groups in total. The zero-order chi connectivity index (χ0) is 27.8. The van der Waals surface area contributed by atoms with E-state index in [0.717, 1.165) is 44.8 Å². The number of aromatic nitrogens is 1. The Morgan fingerprint density at radius 2 is 1.54 bits per heavy atom. The molecule has 2 atom stereocenters. The van der Waals surface area contributed by atoms with Crippen LogP contribution in [0.5, 0.6) is 0 Å². The normalized spacial score (nSPS) is 15.7. The van der Waals surface area contributed by atoms with Crippen LogP contribution in [0.15, 0.2) is 72.8 Å². The first kappa shape index (κ1) is 26.1. The number of amides is 2. The fourth-order valence-corrected chi connectivity index (χ4v) is 5.40. The predicted octanol–water partition coefficient (Wildman–Crippen LogP) is 5.03. The number of benzene rings is 3. The number of hydrogen-bond acceptors (Lipinski definition) is 5. The van der Waals surface area contributed by atoms with Crippen molar-refractivity contribution in [1.29, 1.82) is 0 Å². The minimum atomic E-state index is -0.842. The van der Waals surface area contributed by atoms with Gasteiger partial charge in [0.05, 0.1) is 0 Å². The van der Waals surface area contributed by atoms with E-state index in [1.54, 1.807) is 30.1 Å². The summed E-state index contributed by atoms with van der Waals surface area (Å²) in [7, 11) is 1.75. The number of para-hydroxylation sites is 1. The van der Waals surface area contributed by atoms with Gasteiger partial charge in [0.25, 0.3) is 11.8 Å². The number of pyridine rings is 1. The Morgan fingerprint density at radius 3 is 2.18 bits per heavy atom. The van der Waals surface area contributed by atoms with Crippen LogP contribution in [0.1, 0.15) is 78.7 Å². The molecule has 39 heavy (non-hydrogen) atoms. The fourth-order valence-electron chi connectivity index (χ4n) is 5.40. The van der Waals surface area contributed by atoms with Crippen molar-refractivity contribution in [1.82, 2.24) is 10.3 Å². The molecule has 1 aliphatic carbocycles.